The van der Waals surface area contributed by atoms with Gasteiger partial charge in [0.2, 0.25) is 0 Å². The number of hydrogen-bond acceptors (Lipinski definition) is 3. The van der Waals surface area contributed by atoms with Crippen molar-refractivity contribution in [2.45, 2.75) is 19.4 Å². The van der Waals surface area contributed by atoms with Crippen LogP contribution in [-0.4, -0.2) is 36.3 Å². The standard InChI is InChI=1S/C7H17NOS/c1-3-4-10-6-7(9)5-8-2/h7-9H,3-6H2,1-2H3. The third-order valence-corrected chi connectivity index (χ3v) is 2.42. The minimum Gasteiger partial charge on any atom is -0.391 e. The molecule has 3 heteroatoms. The summed E-state index contributed by atoms with van der Waals surface area (Å²) in [5, 5.41) is 12.1. The zero-order valence-electron chi connectivity index (χ0n) is 6.76. The second kappa shape index (κ2) is 7.38. The van der Waals surface area contributed by atoms with Gasteiger partial charge in [0.05, 0.1) is 6.10 Å². The van der Waals surface area contributed by atoms with Gasteiger partial charge in [0, 0.05) is 12.3 Å². The Bertz CT molecular complexity index is 70.6. The normalized spacial score (nSPS) is 13.5. The maximum absolute atomic E-state index is 9.19. The van der Waals surface area contributed by atoms with Gasteiger partial charge in [-0.2, -0.15) is 11.8 Å². The van der Waals surface area contributed by atoms with Crippen LogP contribution in [0.1, 0.15) is 13.3 Å². The Balaban J connectivity index is 2.97. The molecule has 1 unspecified atom stereocenters. The van der Waals surface area contributed by atoms with Crippen LogP contribution in [0.5, 0.6) is 0 Å². The van der Waals surface area contributed by atoms with E-state index >= 15 is 0 Å². The van der Waals surface area contributed by atoms with Crippen molar-refractivity contribution >= 4 is 11.8 Å². The Labute approximate surface area is 67.4 Å². The molecule has 62 valence electrons. The minimum atomic E-state index is -0.179. The summed E-state index contributed by atoms with van der Waals surface area (Å²) < 4.78 is 0. The Hall–Kier alpha value is 0.270. The van der Waals surface area contributed by atoms with Crippen LogP contribution >= 0.6 is 11.8 Å². The van der Waals surface area contributed by atoms with Crippen molar-refractivity contribution in [3.63, 3.8) is 0 Å². The van der Waals surface area contributed by atoms with Crippen LogP contribution in [0.2, 0.25) is 0 Å². The average molecular weight is 163 g/mol. The molecule has 0 fully saturated rings. The van der Waals surface area contributed by atoms with Crippen LogP contribution in [0.4, 0.5) is 0 Å². The molecule has 0 bridgehead atoms. The lowest BCUT2D eigenvalue weighted by molar-refractivity contribution is 0.199. The molecule has 0 amide bonds. The highest BCUT2D eigenvalue weighted by molar-refractivity contribution is 7.99. The first-order valence-electron chi connectivity index (χ1n) is 3.71. The van der Waals surface area contributed by atoms with Crippen LogP contribution in [-0.2, 0) is 0 Å². The number of aliphatic hydroxyl groups is 1. The highest BCUT2D eigenvalue weighted by Crippen LogP contribution is 2.03. The number of aliphatic hydroxyl groups excluding tert-OH is 1. The van der Waals surface area contributed by atoms with Gasteiger partial charge >= 0.3 is 0 Å². The van der Waals surface area contributed by atoms with Gasteiger partial charge in [0.25, 0.3) is 0 Å². The number of rotatable bonds is 6. The molecule has 0 aromatic heterocycles. The Morgan fingerprint density at radius 1 is 1.60 bits per heavy atom. The van der Waals surface area contributed by atoms with Crippen LogP contribution in [0.25, 0.3) is 0 Å². The van der Waals surface area contributed by atoms with Gasteiger partial charge in [-0.3, -0.25) is 0 Å². The van der Waals surface area contributed by atoms with Crippen molar-refractivity contribution in [2.24, 2.45) is 0 Å². The first-order valence-corrected chi connectivity index (χ1v) is 4.87. The molecule has 0 aliphatic heterocycles. The molecule has 0 aliphatic rings. The molecule has 0 aromatic carbocycles. The molecule has 0 saturated carbocycles. The van der Waals surface area contributed by atoms with E-state index in [2.05, 4.69) is 12.2 Å². The van der Waals surface area contributed by atoms with Crippen molar-refractivity contribution in [1.82, 2.24) is 5.32 Å². The molecule has 2 N–H and O–H groups in total. The maximum Gasteiger partial charge on any atom is 0.0754 e. The lowest BCUT2D eigenvalue weighted by Gasteiger charge is -2.07. The summed E-state index contributed by atoms with van der Waals surface area (Å²) in [6, 6.07) is 0. The van der Waals surface area contributed by atoms with Crippen molar-refractivity contribution in [3.05, 3.63) is 0 Å². The smallest absolute Gasteiger partial charge is 0.0754 e. The second-order valence-corrected chi connectivity index (χ2v) is 3.44. The molecular formula is C7H17NOS. The van der Waals surface area contributed by atoms with Gasteiger partial charge in [0.1, 0.15) is 0 Å². The second-order valence-electron chi connectivity index (χ2n) is 2.29. The Morgan fingerprint density at radius 2 is 2.30 bits per heavy atom. The zero-order valence-corrected chi connectivity index (χ0v) is 7.58. The molecule has 1 atom stereocenters. The van der Waals surface area contributed by atoms with E-state index in [-0.39, 0.29) is 6.10 Å². The predicted molar refractivity (Wildman–Crippen MR) is 47.5 cm³/mol. The predicted octanol–water partition coefficient (Wildman–Crippen LogP) is 0.710. The van der Waals surface area contributed by atoms with Crippen molar-refractivity contribution in [1.29, 1.82) is 0 Å². The topological polar surface area (TPSA) is 32.3 Å². The summed E-state index contributed by atoms with van der Waals surface area (Å²) in [4.78, 5) is 0. The van der Waals surface area contributed by atoms with E-state index in [4.69, 9.17) is 0 Å². The Morgan fingerprint density at radius 3 is 2.80 bits per heavy atom. The highest BCUT2D eigenvalue weighted by Gasteiger charge is 2.00. The van der Waals surface area contributed by atoms with Crippen LogP contribution in [0, 0.1) is 0 Å². The minimum absolute atomic E-state index is 0.179. The molecule has 0 radical (unpaired) electrons. The van der Waals surface area contributed by atoms with Crippen LogP contribution in [0.3, 0.4) is 0 Å². The number of nitrogens with one attached hydrogen (secondary N) is 1. The van der Waals surface area contributed by atoms with Gasteiger partial charge in [-0.05, 0) is 19.2 Å². The third kappa shape index (κ3) is 6.39. The molecular weight excluding hydrogens is 146 g/mol. The fraction of sp³-hybridized carbons (Fsp3) is 1.00. The molecule has 0 spiro atoms. The van der Waals surface area contributed by atoms with E-state index in [9.17, 15) is 5.11 Å². The fourth-order valence-corrected chi connectivity index (χ4v) is 1.50. The molecule has 0 saturated heterocycles. The van der Waals surface area contributed by atoms with Gasteiger partial charge in [-0.1, -0.05) is 6.92 Å². The molecule has 0 heterocycles. The number of thioether (sulfide) groups is 1. The summed E-state index contributed by atoms with van der Waals surface area (Å²) >= 11 is 1.81. The Kier molecular flexibility index (Phi) is 7.58. The summed E-state index contributed by atoms with van der Waals surface area (Å²) in [6.07, 6.45) is 1.01. The summed E-state index contributed by atoms with van der Waals surface area (Å²) in [5.41, 5.74) is 0. The summed E-state index contributed by atoms with van der Waals surface area (Å²) in [5.74, 6) is 2.01. The average Bonchev–Trinajstić information content (AvgIpc) is 1.89. The number of hydrogen-bond donors (Lipinski definition) is 2. The van der Waals surface area contributed by atoms with E-state index in [1.165, 1.54) is 6.42 Å². The highest BCUT2D eigenvalue weighted by atomic mass is 32.2. The molecule has 0 aromatic rings. The van der Waals surface area contributed by atoms with Crippen molar-refractivity contribution in [2.75, 3.05) is 25.1 Å². The third-order valence-electron chi connectivity index (χ3n) is 1.10. The maximum atomic E-state index is 9.19. The van der Waals surface area contributed by atoms with E-state index in [1.54, 1.807) is 0 Å². The quantitative estimate of drug-likeness (QED) is 0.566. The van der Waals surface area contributed by atoms with Crippen LogP contribution < -0.4 is 5.32 Å². The first-order chi connectivity index (χ1) is 4.81. The van der Waals surface area contributed by atoms with Gasteiger partial charge in [-0.25, -0.2) is 0 Å². The van der Waals surface area contributed by atoms with Crippen LogP contribution in [0.15, 0.2) is 0 Å². The van der Waals surface area contributed by atoms with Crippen molar-refractivity contribution in [3.8, 4) is 0 Å². The monoisotopic (exact) mass is 163 g/mol. The number of likely N-dealkylation sites (N-methyl/N-ethyl adjacent to an activating group) is 1. The van der Waals surface area contributed by atoms with E-state index in [1.807, 2.05) is 18.8 Å². The van der Waals surface area contributed by atoms with Gasteiger partial charge < -0.3 is 10.4 Å². The van der Waals surface area contributed by atoms with Crippen molar-refractivity contribution < 1.29 is 5.11 Å². The van der Waals surface area contributed by atoms with Gasteiger partial charge in [-0.15, -0.1) is 0 Å². The van der Waals surface area contributed by atoms with E-state index in [0.717, 1.165) is 11.5 Å². The van der Waals surface area contributed by atoms with E-state index in [0.29, 0.717) is 6.54 Å². The molecule has 10 heavy (non-hydrogen) atoms. The lowest BCUT2D eigenvalue weighted by atomic mass is 10.4. The summed E-state index contributed by atoms with van der Waals surface area (Å²) in [7, 11) is 1.85. The van der Waals surface area contributed by atoms with E-state index < -0.39 is 0 Å². The first kappa shape index (κ1) is 10.3. The molecule has 0 rings (SSSR count). The van der Waals surface area contributed by atoms with Gasteiger partial charge in [0.15, 0.2) is 0 Å². The molecule has 0 aliphatic carbocycles. The SMILES string of the molecule is CCCSCC(O)CNC. The fourth-order valence-electron chi connectivity index (χ4n) is 0.658. The largest absolute Gasteiger partial charge is 0.391 e. The lowest BCUT2D eigenvalue weighted by Crippen LogP contribution is -2.25. The zero-order chi connectivity index (χ0) is 7.82. The summed E-state index contributed by atoms with van der Waals surface area (Å²) in [6.45, 7) is 2.86. The molecule has 2 nitrogen and oxygen atoms in total.